The summed E-state index contributed by atoms with van der Waals surface area (Å²) in [6, 6.07) is 46.4. The highest BCUT2D eigenvalue weighted by Gasteiger charge is 2.16. The van der Waals surface area contributed by atoms with Crippen molar-refractivity contribution in [2.45, 2.75) is 0 Å². The molecule has 0 bridgehead atoms. The normalized spacial score (nSPS) is 11.7. The van der Waals surface area contributed by atoms with Gasteiger partial charge in [-0.25, -0.2) is 0 Å². The molecule has 0 fully saturated rings. The average molecular weight is 481 g/mol. The van der Waals surface area contributed by atoms with Crippen LogP contribution in [-0.2, 0) is 0 Å². The van der Waals surface area contributed by atoms with Crippen LogP contribution in [0.2, 0.25) is 0 Å². The molecular weight excluding hydrogens is 451 g/mol. The summed E-state index contributed by atoms with van der Waals surface area (Å²) in [5.41, 5.74) is 7.58. The van der Waals surface area contributed by atoms with Crippen LogP contribution >= 0.6 is 6.89 Å². The molecule has 174 valence electrons. The van der Waals surface area contributed by atoms with Gasteiger partial charge < -0.3 is 0 Å². The molecule has 1 heteroatoms. The van der Waals surface area contributed by atoms with Gasteiger partial charge in [-0.1, -0.05) is 141 Å². The SMILES string of the molecule is C=P(C)(C)c1ccc(-c2ccc(-c3c4ccccc4c(-c4ccccc4)c4ccccc34)cc2)cc1. The van der Waals surface area contributed by atoms with Crippen molar-refractivity contribution in [3.8, 4) is 33.4 Å². The maximum Gasteiger partial charge on any atom is -0.00264 e. The Labute approximate surface area is 213 Å². The van der Waals surface area contributed by atoms with Gasteiger partial charge in [0.15, 0.2) is 0 Å². The Morgan fingerprint density at radius 2 is 0.722 bits per heavy atom. The summed E-state index contributed by atoms with van der Waals surface area (Å²) in [5, 5.41) is 6.51. The van der Waals surface area contributed by atoms with Gasteiger partial charge in [0.1, 0.15) is 0 Å². The predicted octanol–water partition coefficient (Wildman–Crippen LogP) is 9.33. The third-order valence-electron chi connectivity index (χ3n) is 7.07. The summed E-state index contributed by atoms with van der Waals surface area (Å²) in [7, 11) is 0. The summed E-state index contributed by atoms with van der Waals surface area (Å²) in [4.78, 5) is 0. The molecule has 0 aliphatic carbocycles. The summed E-state index contributed by atoms with van der Waals surface area (Å²) < 4.78 is 0. The van der Waals surface area contributed by atoms with Crippen molar-refractivity contribution in [1.82, 2.24) is 0 Å². The second-order valence-electron chi connectivity index (χ2n) is 10.0. The Morgan fingerprint density at radius 3 is 1.14 bits per heavy atom. The molecule has 0 saturated carbocycles. The van der Waals surface area contributed by atoms with Gasteiger partial charge in [0.05, 0.1) is 0 Å². The van der Waals surface area contributed by atoms with Crippen LogP contribution in [0.3, 0.4) is 0 Å². The maximum atomic E-state index is 4.37. The third-order valence-corrected chi connectivity index (χ3v) is 8.76. The Kier molecular flexibility index (Phi) is 5.63. The van der Waals surface area contributed by atoms with E-state index in [9.17, 15) is 0 Å². The molecule has 0 N–H and O–H groups in total. The van der Waals surface area contributed by atoms with Gasteiger partial charge >= 0.3 is 0 Å². The number of hydrogen-bond acceptors (Lipinski definition) is 0. The van der Waals surface area contributed by atoms with E-state index in [4.69, 9.17) is 0 Å². The van der Waals surface area contributed by atoms with Crippen LogP contribution in [0.15, 0.2) is 127 Å². The van der Waals surface area contributed by atoms with Crippen molar-refractivity contribution in [2.24, 2.45) is 0 Å². The van der Waals surface area contributed by atoms with Gasteiger partial charge in [-0.2, -0.15) is 0 Å². The van der Waals surface area contributed by atoms with Crippen LogP contribution in [0.25, 0.3) is 54.9 Å². The Bertz CT molecular complexity index is 1680. The first-order chi connectivity index (χ1) is 17.5. The summed E-state index contributed by atoms with van der Waals surface area (Å²) in [6.07, 6.45) is 4.37. The lowest BCUT2D eigenvalue weighted by Gasteiger charge is -2.18. The number of hydrogen-bond donors (Lipinski definition) is 0. The molecule has 0 heterocycles. The molecule has 0 aliphatic rings. The Balaban J connectivity index is 1.53. The Hall–Kier alpha value is -3.86. The maximum absolute atomic E-state index is 4.37. The van der Waals surface area contributed by atoms with E-state index in [1.807, 2.05) is 0 Å². The fourth-order valence-corrected chi connectivity index (χ4v) is 6.20. The van der Waals surface area contributed by atoms with Crippen molar-refractivity contribution in [3.05, 3.63) is 127 Å². The highest BCUT2D eigenvalue weighted by Crippen LogP contribution is 2.43. The first kappa shape index (κ1) is 22.6. The lowest BCUT2D eigenvalue weighted by Crippen LogP contribution is -2.01. The summed E-state index contributed by atoms with van der Waals surface area (Å²) in [5.74, 6) is 0. The molecule has 6 rings (SSSR count). The number of fused-ring (bicyclic) bond motifs is 2. The summed E-state index contributed by atoms with van der Waals surface area (Å²) >= 11 is 0. The van der Waals surface area contributed by atoms with Gasteiger partial charge in [0, 0.05) is 0 Å². The lowest BCUT2D eigenvalue weighted by molar-refractivity contribution is 1.62. The number of benzene rings is 6. The zero-order chi connectivity index (χ0) is 24.7. The predicted molar refractivity (Wildman–Crippen MR) is 163 cm³/mol. The second-order valence-corrected chi connectivity index (χ2v) is 13.9. The van der Waals surface area contributed by atoms with Crippen molar-refractivity contribution >= 4 is 40.0 Å². The van der Waals surface area contributed by atoms with Gasteiger partial charge in [-0.15, -0.1) is 0 Å². The topological polar surface area (TPSA) is 0 Å². The van der Waals surface area contributed by atoms with Crippen LogP contribution < -0.4 is 5.30 Å². The second kappa shape index (κ2) is 8.98. The standard InChI is InChI=1S/C35H29P/c1-36(2,3)29-23-21-26(22-24-29)25-17-19-28(20-18-25)35-32-15-9-7-13-30(32)34(27-11-5-4-6-12-27)31-14-8-10-16-33(31)35/h4-24H,1H2,2-3H3. The van der Waals surface area contributed by atoms with E-state index in [2.05, 4.69) is 147 Å². The van der Waals surface area contributed by atoms with E-state index in [0.717, 1.165) is 0 Å². The van der Waals surface area contributed by atoms with Crippen molar-refractivity contribution in [2.75, 3.05) is 13.3 Å². The summed E-state index contributed by atoms with van der Waals surface area (Å²) in [6.45, 7) is 3.27. The lowest BCUT2D eigenvalue weighted by atomic mass is 9.86. The van der Waals surface area contributed by atoms with Crippen LogP contribution in [0.4, 0.5) is 0 Å². The minimum Gasteiger partial charge on any atom is -0.0971 e. The van der Waals surface area contributed by atoms with Gasteiger partial charge in [-0.3, -0.25) is 0 Å². The molecule has 0 unspecified atom stereocenters. The number of rotatable bonds is 4. The van der Waals surface area contributed by atoms with E-state index in [0.29, 0.717) is 0 Å². The Morgan fingerprint density at radius 1 is 0.389 bits per heavy atom. The van der Waals surface area contributed by atoms with Crippen molar-refractivity contribution in [3.63, 3.8) is 0 Å². The molecule has 0 atom stereocenters. The third kappa shape index (κ3) is 3.98. The van der Waals surface area contributed by atoms with Gasteiger partial charge in [0.2, 0.25) is 0 Å². The van der Waals surface area contributed by atoms with E-state index >= 15 is 0 Å². The highest BCUT2D eigenvalue weighted by molar-refractivity contribution is 7.79. The van der Waals surface area contributed by atoms with Gasteiger partial charge in [-0.05, 0) is 73.6 Å². The fraction of sp³-hybridized carbons (Fsp3) is 0.0571. The minimum atomic E-state index is -1.25. The molecule has 0 aliphatic heterocycles. The molecule has 6 aromatic carbocycles. The first-order valence-corrected chi connectivity index (χ1v) is 15.3. The first-order valence-electron chi connectivity index (χ1n) is 12.4. The highest BCUT2D eigenvalue weighted by atomic mass is 31.2. The van der Waals surface area contributed by atoms with E-state index < -0.39 is 6.89 Å². The van der Waals surface area contributed by atoms with Gasteiger partial charge in [0.25, 0.3) is 0 Å². The van der Waals surface area contributed by atoms with Crippen LogP contribution in [0.1, 0.15) is 0 Å². The average Bonchev–Trinajstić information content (AvgIpc) is 2.92. The fourth-order valence-electron chi connectivity index (χ4n) is 5.24. The zero-order valence-corrected chi connectivity index (χ0v) is 21.7. The molecule has 0 amide bonds. The molecule has 0 spiro atoms. The van der Waals surface area contributed by atoms with E-state index in [1.165, 1.54) is 60.2 Å². The quantitative estimate of drug-likeness (QED) is 0.174. The van der Waals surface area contributed by atoms with Crippen LogP contribution in [0, 0.1) is 0 Å². The smallest absolute Gasteiger partial charge is 0.00264 e. The van der Waals surface area contributed by atoms with E-state index in [-0.39, 0.29) is 0 Å². The molecular formula is C35H29P. The molecule has 36 heavy (non-hydrogen) atoms. The zero-order valence-electron chi connectivity index (χ0n) is 20.8. The molecule has 0 radical (unpaired) electrons. The van der Waals surface area contributed by atoms with Crippen LogP contribution in [0.5, 0.6) is 0 Å². The van der Waals surface area contributed by atoms with Crippen LogP contribution in [-0.4, -0.2) is 19.6 Å². The monoisotopic (exact) mass is 480 g/mol. The molecule has 0 nitrogen and oxygen atoms in total. The molecule has 0 aromatic heterocycles. The largest absolute Gasteiger partial charge is 0.0971 e. The minimum absolute atomic E-state index is 1.24. The molecule has 6 aromatic rings. The van der Waals surface area contributed by atoms with Crippen molar-refractivity contribution in [1.29, 1.82) is 0 Å². The van der Waals surface area contributed by atoms with Crippen molar-refractivity contribution < 1.29 is 0 Å². The molecule has 0 saturated heterocycles. The van der Waals surface area contributed by atoms with E-state index in [1.54, 1.807) is 0 Å².